The van der Waals surface area contributed by atoms with Gasteiger partial charge in [-0.1, -0.05) is 31.9 Å². The second-order valence-electron chi connectivity index (χ2n) is 5.71. The lowest BCUT2D eigenvalue weighted by Gasteiger charge is -2.21. The summed E-state index contributed by atoms with van der Waals surface area (Å²) in [7, 11) is 0. The van der Waals surface area contributed by atoms with Crippen LogP contribution in [-0.4, -0.2) is 30.6 Å². The maximum absolute atomic E-state index is 12.3. The summed E-state index contributed by atoms with van der Waals surface area (Å²) in [6.07, 6.45) is 5.85. The van der Waals surface area contributed by atoms with Crippen molar-refractivity contribution >= 4 is 11.7 Å². The fourth-order valence-corrected chi connectivity index (χ4v) is 2.64. The Hall–Kier alpha value is -1.55. The van der Waals surface area contributed by atoms with E-state index in [1.165, 1.54) is 18.4 Å². The predicted molar refractivity (Wildman–Crippen MR) is 87.5 cm³/mol. The highest BCUT2D eigenvalue weighted by Crippen LogP contribution is 2.14. The van der Waals surface area contributed by atoms with Crippen LogP contribution in [0.15, 0.2) is 24.3 Å². The van der Waals surface area contributed by atoms with Crippen molar-refractivity contribution in [3.05, 3.63) is 29.8 Å². The van der Waals surface area contributed by atoms with Crippen molar-refractivity contribution in [3.63, 3.8) is 0 Å². The van der Waals surface area contributed by atoms with E-state index in [0.29, 0.717) is 0 Å². The van der Waals surface area contributed by atoms with Crippen LogP contribution in [0.25, 0.3) is 0 Å². The van der Waals surface area contributed by atoms with Crippen LogP contribution in [0.4, 0.5) is 10.5 Å². The lowest BCUT2D eigenvalue weighted by molar-refractivity contribution is 0.214. The third-order valence-corrected chi connectivity index (χ3v) is 3.83. The van der Waals surface area contributed by atoms with E-state index in [9.17, 15) is 4.79 Å². The quantitative estimate of drug-likeness (QED) is 0.814. The van der Waals surface area contributed by atoms with Gasteiger partial charge in [0.05, 0.1) is 0 Å². The van der Waals surface area contributed by atoms with Gasteiger partial charge in [-0.05, 0) is 43.5 Å². The van der Waals surface area contributed by atoms with Crippen LogP contribution < -0.4 is 10.6 Å². The van der Waals surface area contributed by atoms with Crippen LogP contribution in [0.1, 0.15) is 44.6 Å². The zero-order valence-electron chi connectivity index (χ0n) is 13.0. The maximum atomic E-state index is 12.3. The highest BCUT2D eigenvalue weighted by molar-refractivity contribution is 5.89. The van der Waals surface area contributed by atoms with Crippen LogP contribution >= 0.6 is 0 Å². The van der Waals surface area contributed by atoms with Gasteiger partial charge in [-0.3, -0.25) is 0 Å². The number of carbonyl (C=O) groups excluding carboxylic acids is 1. The first-order valence-corrected chi connectivity index (χ1v) is 8.15. The zero-order chi connectivity index (χ0) is 14.9. The number of rotatable bonds is 5. The average molecular weight is 289 g/mol. The van der Waals surface area contributed by atoms with Gasteiger partial charge in [-0.15, -0.1) is 0 Å². The summed E-state index contributed by atoms with van der Waals surface area (Å²) >= 11 is 0. The van der Waals surface area contributed by atoms with Crippen molar-refractivity contribution in [1.29, 1.82) is 0 Å². The molecule has 2 N–H and O–H groups in total. The summed E-state index contributed by atoms with van der Waals surface area (Å²) in [5, 5.41) is 6.41. The molecule has 0 aliphatic carbocycles. The van der Waals surface area contributed by atoms with Gasteiger partial charge in [0.15, 0.2) is 0 Å². The van der Waals surface area contributed by atoms with Gasteiger partial charge in [0.2, 0.25) is 0 Å². The molecule has 1 aliphatic heterocycles. The molecule has 1 saturated heterocycles. The Kier molecular flexibility index (Phi) is 6.54. The van der Waals surface area contributed by atoms with Gasteiger partial charge in [-0.25, -0.2) is 4.79 Å². The first-order valence-electron chi connectivity index (χ1n) is 8.15. The van der Waals surface area contributed by atoms with Crippen LogP contribution in [-0.2, 0) is 6.54 Å². The summed E-state index contributed by atoms with van der Waals surface area (Å²) < 4.78 is 0. The summed E-state index contributed by atoms with van der Waals surface area (Å²) in [6.45, 7) is 5.78. The number of anilines is 1. The van der Waals surface area contributed by atoms with Gasteiger partial charge in [0, 0.05) is 25.3 Å². The maximum Gasteiger partial charge on any atom is 0.321 e. The second kappa shape index (κ2) is 8.67. The van der Waals surface area contributed by atoms with Crippen molar-refractivity contribution in [2.24, 2.45) is 0 Å². The molecule has 116 valence electrons. The average Bonchev–Trinajstić information content (AvgIpc) is 2.77. The molecule has 1 aromatic carbocycles. The Bertz CT molecular complexity index is 439. The molecule has 4 heteroatoms. The van der Waals surface area contributed by atoms with E-state index in [1.807, 2.05) is 17.0 Å². The number of amides is 2. The Morgan fingerprint density at radius 2 is 1.95 bits per heavy atom. The highest BCUT2D eigenvalue weighted by atomic mass is 16.2. The van der Waals surface area contributed by atoms with Crippen molar-refractivity contribution in [1.82, 2.24) is 10.2 Å². The summed E-state index contributed by atoms with van der Waals surface area (Å²) in [5.74, 6) is 0. The van der Waals surface area contributed by atoms with Crippen molar-refractivity contribution in [2.45, 2.75) is 45.6 Å². The molecule has 0 spiro atoms. The van der Waals surface area contributed by atoms with Crippen molar-refractivity contribution in [2.75, 3.05) is 25.0 Å². The van der Waals surface area contributed by atoms with Gasteiger partial charge >= 0.3 is 6.03 Å². The summed E-state index contributed by atoms with van der Waals surface area (Å²) in [4.78, 5) is 14.2. The summed E-state index contributed by atoms with van der Waals surface area (Å²) in [6, 6.07) is 8.14. The van der Waals surface area contributed by atoms with Gasteiger partial charge in [0.1, 0.15) is 0 Å². The fourth-order valence-electron chi connectivity index (χ4n) is 2.64. The smallest absolute Gasteiger partial charge is 0.321 e. The molecule has 21 heavy (non-hydrogen) atoms. The Balaban J connectivity index is 1.89. The standard InChI is InChI=1S/C17H27N3O/c1-2-10-18-14-15-8-7-9-16(13-15)19-17(21)20-11-5-3-4-6-12-20/h7-9,13,18H,2-6,10-12,14H2,1H3,(H,19,21). The first-order chi connectivity index (χ1) is 10.3. The van der Waals surface area contributed by atoms with Crippen molar-refractivity contribution in [3.8, 4) is 0 Å². The van der Waals surface area contributed by atoms with Crippen LogP contribution in [0.2, 0.25) is 0 Å². The monoisotopic (exact) mass is 289 g/mol. The number of urea groups is 1. The van der Waals surface area contributed by atoms with Gasteiger partial charge < -0.3 is 15.5 Å². The minimum atomic E-state index is 0.0376. The van der Waals surface area contributed by atoms with E-state index in [-0.39, 0.29) is 6.03 Å². The van der Waals surface area contributed by atoms with E-state index >= 15 is 0 Å². The Morgan fingerprint density at radius 3 is 2.67 bits per heavy atom. The minimum absolute atomic E-state index is 0.0376. The molecule has 0 unspecified atom stereocenters. The molecule has 1 aromatic rings. The van der Waals surface area contributed by atoms with E-state index in [1.54, 1.807) is 0 Å². The fraction of sp³-hybridized carbons (Fsp3) is 0.588. The molecular formula is C17H27N3O. The molecule has 1 aliphatic rings. The SMILES string of the molecule is CCCNCc1cccc(NC(=O)N2CCCCCC2)c1. The molecule has 1 heterocycles. The Labute approximate surface area is 127 Å². The molecule has 0 aromatic heterocycles. The second-order valence-corrected chi connectivity index (χ2v) is 5.71. The highest BCUT2D eigenvalue weighted by Gasteiger charge is 2.15. The number of nitrogens with one attached hydrogen (secondary N) is 2. The third kappa shape index (κ3) is 5.38. The molecule has 2 rings (SSSR count). The van der Waals surface area contributed by atoms with E-state index < -0.39 is 0 Å². The van der Waals surface area contributed by atoms with Crippen molar-refractivity contribution < 1.29 is 4.79 Å². The molecule has 0 bridgehead atoms. The molecule has 1 fully saturated rings. The topological polar surface area (TPSA) is 44.4 Å². The predicted octanol–water partition coefficient (Wildman–Crippen LogP) is 3.59. The van der Waals surface area contributed by atoms with Crippen LogP contribution in [0, 0.1) is 0 Å². The Morgan fingerprint density at radius 1 is 1.19 bits per heavy atom. The molecular weight excluding hydrogens is 262 g/mol. The normalized spacial score (nSPS) is 15.6. The lowest BCUT2D eigenvalue weighted by Crippen LogP contribution is -2.35. The number of carbonyl (C=O) groups is 1. The van der Waals surface area contributed by atoms with E-state index in [0.717, 1.165) is 51.1 Å². The molecule has 0 radical (unpaired) electrons. The third-order valence-electron chi connectivity index (χ3n) is 3.83. The number of nitrogens with zero attached hydrogens (tertiary/aromatic N) is 1. The minimum Gasteiger partial charge on any atom is -0.325 e. The lowest BCUT2D eigenvalue weighted by atomic mass is 10.2. The number of likely N-dealkylation sites (tertiary alicyclic amines) is 1. The first kappa shape index (κ1) is 15.8. The molecule has 4 nitrogen and oxygen atoms in total. The number of hydrogen-bond acceptors (Lipinski definition) is 2. The molecule has 2 amide bonds. The number of hydrogen-bond donors (Lipinski definition) is 2. The molecule has 0 atom stereocenters. The van der Waals surface area contributed by atoms with Crippen LogP contribution in [0.3, 0.4) is 0 Å². The van der Waals surface area contributed by atoms with Gasteiger partial charge in [0.25, 0.3) is 0 Å². The number of benzene rings is 1. The van der Waals surface area contributed by atoms with E-state index in [4.69, 9.17) is 0 Å². The summed E-state index contributed by atoms with van der Waals surface area (Å²) in [5.41, 5.74) is 2.09. The van der Waals surface area contributed by atoms with E-state index in [2.05, 4.69) is 29.7 Å². The molecule has 0 saturated carbocycles. The zero-order valence-corrected chi connectivity index (χ0v) is 13.0. The van der Waals surface area contributed by atoms with Gasteiger partial charge in [-0.2, -0.15) is 0 Å². The largest absolute Gasteiger partial charge is 0.325 e. The van der Waals surface area contributed by atoms with Crippen LogP contribution in [0.5, 0.6) is 0 Å².